The summed E-state index contributed by atoms with van der Waals surface area (Å²) in [6.45, 7) is 1.92. The van der Waals surface area contributed by atoms with Crippen LogP contribution < -0.4 is 4.31 Å². The molecule has 0 N–H and O–H groups in total. The van der Waals surface area contributed by atoms with Gasteiger partial charge >= 0.3 is 0 Å². The minimum absolute atomic E-state index is 0.253. The summed E-state index contributed by atoms with van der Waals surface area (Å²) in [4.78, 5) is 0.253. The molecule has 1 heterocycles. The van der Waals surface area contributed by atoms with E-state index in [1.54, 1.807) is 30.3 Å². The van der Waals surface area contributed by atoms with E-state index in [1.165, 1.54) is 16.4 Å². The normalized spacial score (nSPS) is 16.4. The van der Waals surface area contributed by atoms with Crippen molar-refractivity contribution in [3.05, 3.63) is 95.3 Å². The van der Waals surface area contributed by atoms with Gasteiger partial charge in [0.1, 0.15) is 5.82 Å². The maximum Gasteiger partial charge on any atom is 0.264 e. The molecule has 0 aliphatic carbocycles. The van der Waals surface area contributed by atoms with E-state index in [0.717, 1.165) is 16.7 Å². The molecule has 0 amide bonds. The van der Waals surface area contributed by atoms with Crippen molar-refractivity contribution in [2.24, 2.45) is 0 Å². The van der Waals surface area contributed by atoms with Crippen LogP contribution in [0.2, 0.25) is 0 Å². The second-order valence-corrected chi connectivity index (χ2v) is 8.75. The second kappa shape index (κ2) is 6.82. The molecule has 0 spiro atoms. The van der Waals surface area contributed by atoms with Gasteiger partial charge in [0.15, 0.2) is 0 Å². The quantitative estimate of drug-likeness (QED) is 0.667. The topological polar surface area (TPSA) is 37.4 Å². The van der Waals surface area contributed by atoms with Crippen molar-refractivity contribution in [3.63, 3.8) is 0 Å². The highest BCUT2D eigenvalue weighted by Gasteiger charge is 2.38. The largest absolute Gasteiger partial charge is 0.264 e. The molecule has 0 radical (unpaired) electrons. The molecule has 4 rings (SSSR count). The summed E-state index contributed by atoms with van der Waals surface area (Å²) in [5.74, 6) is -0.346. The number of sulfonamides is 1. The number of halogens is 1. The van der Waals surface area contributed by atoms with Crippen LogP contribution in [0.3, 0.4) is 0 Å². The molecule has 3 aromatic carbocycles. The van der Waals surface area contributed by atoms with Crippen molar-refractivity contribution in [3.8, 4) is 0 Å². The Labute approximate surface area is 159 Å². The Morgan fingerprint density at radius 3 is 2.41 bits per heavy atom. The average molecular weight is 381 g/mol. The van der Waals surface area contributed by atoms with Crippen molar-refractivity contribution in [1.29, 1.82) is 0 Å². The molecule has 0 saturated heterocycles. The van der Waals surface area contributed by atoms with Gasteiger partial charge in [-0.25, -0.2) is 12.8 Å². The molecule has 0 aromatic heterocycles. The maximum absolute atomic E-state index is 13.7. The molecular weight excluding hydrogens is 361 g/mol. The van der Waals surface area contributed by atoms with E-state index in [-0.39, 0.29) is 16.8 Å². The Hall–Kier alpha value is -2.66. The van der Waals surface area contributed by atoms with Crippen LogP contribution in [0.1, 0.15) is 16.7 Å². The molecule has 1 aliphatic heterocycles. The summed E-state index contributed by atoms with van der Waals surface area (Å²) in [6.07, 6.45) is 1.06. The zero-order valence-electron chi connectivity index (χ0n) is 15.0. The van der Waals surface area contributed by atoms with Gasteiger partial charge in [-0.1, -0.05) is 48.0 Å². The molecule has 0 saturated carbocycles. The number of benzene rings is 3. The van der Waals surface area contributed by atoms with Crippen molar-refractivity contribution >= 4 is 15.7 Å². The van der Waals surface area contributed by atoms with Gasteiger partial charge in [-0.05, 0) is 61.2 Å². The van der Waals surface area contributed by atoms with Gasteiger partial charge < -0.3 is 0 Å². The Balaban J connectivity index is 1.79. The van der Waals surface area contributed by atoms with Crippen LogP contribution in [0.15, 0.2) is 77.7 Å². The fraction of sp³-hybridized carbons (Fsp3) is 0.182. The molecule has 3 nitrogen and oxygen atoms in total. The standard InChI is InChI=1S/C22H20FNO2S/c1-16-7-10-21(11-8-16)27(25,26)24-20(13-17-5-3-2-4-6-17)15-18-14-19(23)9-12-22(18)24/h2-12,14,20H,13,15H2,1H3/t20-/m1/s1. The van der Waals surface area contributed by atoms with E-state index in [2.05, 4.69) is 0 Å². The van der Waals surface area contributed by atoms with E-state index in [1.807, 2.05) is 37.3 Å². The number of fused-ring (bicyclic) bond motifs is 1. The number of nitrogens with zero attached hydrogens (tertiary/aromatic N) is 1. The lowest BCUT2D eigenvalue weighted by molar-refractivity contribution is 0.578. The van der Waals surface area contributed by atoms with Gasteiger partial charge in [0.2, 0.25) is 0 Å². The fourth-order valence-electron chi connectivity index (χ4n) is 3.66. The predicted octanol–water partition coefficient (Wildman–Crippen LogP) is 4.50. The van der Waals surface area contributed by atoms with Crippen molar-refractivity contribution in [2.75, 3.05) is 4.31 Å². The van der Waals surface area contributed by atoms with Gasteiger partial charge in [0.05, 0.1) is 16.6 Å². The number of aryl methyl sites for hydroxylation is 1. The number of hydrogen-bond acceptors (Lipinski definition) is 2. The monoisotopic (exact) mass is 381 g/mol. The molecule has 0 unspecified atom stereocenters. The highest BCUT2D eigenvalue weighted by Crippen LogP contribution is 2.38. The molecule has 0 fully saturated rings. The summed E-state index contributed by atoms with van der Waals surface area (Å²) in [7, 11) is -3.74. The van der Waals surface area contributed by atoms with Crippen molar-refractivity contribution in [1.82, 2.24) is 0 Å². The lowest BCUT2D eigenvalue weighted by Crippen LogP contribution is -2.39. The highest BCUT2D eigenvalue weighted by molar-refractivity contribution is 7.92. The summed E-state index contributed by atoms with van der Waals surface area (Å²) >= 11 is 0. The third-order valence-electron chi connectivity index (χ3n) is 4.96. The Morgan fingerprint density at radius 1 is 1.00 bits per heavy atom. The fourth-order valence-corrected chi connectivity index (χ4v) is 5.34. The summed E-state index contributed by atoms with van der Waals surface area (Å²) in [5, 5.41) is 0. The highest BCUT2D eigenvalue weighted by atomic mass is 32.2. The molecular formula is C22H20FNO2S. The predicted molar refractivity (Wildman–Crippen MR) is 105 cm³/mol. The first-order chi connectivity index (χ1) is 12.9. The minimum atomic E-state index is -3.74. The summed E-state index contributed by atoms with van der Waals surface area (Å²) in [6, 6.07) is 20.7. The van der Waals surface area contributed by atoms with Gasteiger partial charge in [0.25, 0.3) is 10.0 Å². The first kappa shape index (κ1) is 17.7. The summed E-state index contributed by atoms with van der Waals surface area (Å²) in [5.41, 5.74) is 3.35. The van der Waals surface area contributed by atoms with E-state index >= 15 is 0 Å². The first-order valence-corrected chi connectivity index (χ1v) is 10.3. The van der Waals surface area contributed by atoms with Crippen molar-refractivity contribution < 1.29 is 12.8 Å². The van der Waals surface area contributed by atoms with Crippen LogP contribution in [0, 0.1) is 12.7 Å². The maximum atomic E-state index is 13.7. The average Bonchev–Trinajstić information content (AvgIpc) is 3.00. The van der Waals surface area contributed by atoms with E-state index < -0.39 is 10.0 Å². The lowest BCUT2D eigenvalue weighted by atomic mass is 10.0. The van der Waals surface area contributed by atoms with Crippen LogP contribution in [0.4, 0.5) is 10.1 Å². The Bertz CT molecular complexity index is 1060. The molecule has 1 atom stereocenters. The van der Waals surface area contributed by atoms with Gasteiger partial charge in [-0.2, -0.15) is 0 Å². The molecule has 1 aliphatic rings. The van der Waals surface area contributed by atoms with Gasteiger partial charge in [-0.15, -0.1) is 0 Å². The Morgan fingerprint density at radius 2 is 1.70 bits per heavy atom. The van der Waals surface area contributed by atoms with Crippen LogP contribution in [0.5, 0.6) is 0 Å². The third kappa shape index (κ3) is 3.35. The van der Waals surface area contributed by atoms with Gasteiger partial charge in [0, 0.05) is 0 Å². The van der Waals surface area contributed by atoms with Crippen LogP contribution in [0.25, 0.3) is 0 Å². The number of anilines is 1. The smallest absolute Gasteiger partial charge is 0.262 e. The van der Waals surface area contributed by atoms with Crippen molar-refractivity contribution in [2.45, 2.75) is 30.7 Å². The SMILES string of the molecule is Cc1ccc(S(=O)(=O)N2c3ccc(F)cc3C[C@H]2Cc2ccccc2)cc1. The molecule has 138 valence electrons. The van der Waals surface area contributed by atoms with Gasteiger partial charge in [-0.3, -0.25) is 4.31 Å². The van der Waals surface area contributed by atoms with E-state index in [4.69, 9.17) is 0 Å². The first-order valence-electron chi connectivity index (χ1n) is 8.88. The summed E-state index contributed by atoms with van der Waals surface area (Å²) < 4.78 is 42.1. The van der Waals surface area contributed by atoms with E-state index in [9.17, 15) is 12.8 Å². The van der Waals surface area contributed by atoms with E-state index in [0.29, 0.717) is 18.5 Å². The molecule has 27 heavy (non-hydrogen) atoms. The molecule has 3 aromatic rings. The van der Waals surface area contributed by atoms with Crippen LogP contribution in [-0.2, 0) is 22.9 Å². The lowest BCUT2D eigenvalue weighted by Gasteiger charge is -2.27. The van der Waals surface area contributed by atoms with Crippen LogP contribution >= 0.6 is 0 Å². The number of hydrogen-bond donors (Lipinski definition) is 0. The number of rotatable bonds is 4. The third-order valence-corrected chi connectivity index (χ3v) is 6.84. The second-order valence-electron chi connectivity index (χ2n) is 6.93. The van der Waals surface area contributed by atoms with Crippen LogP contribution in [-0.4, -0.2) is 14.5 Å². The zero-order valence-corrected chi connectivity index (χ0v) is 15.8. The zero-order chi connectivity index (χ0) is 19.0. The molecule has 5 heteroatoms. The molecule has 0 bridgehead atoms. The minimum Gasteiger partial charge on any atom is -0.262 e. The Kier molecular flexibility index (Phi) is 4.48.